The van der Waals surface area contributed by atoms with Crippen LogP contribution in [0.5, 0.6) is 0 Å². The normalized spacial score (nSPS) is 10.8. The number of anilines is 4. The zero-order valence-electron chi connectivity index (χ0n) is 20.0. The van der Waals surface area contributed by atoms with Gasteiger partial charge in [0.2, 0.25) is 0 Å². The molecule has 1 heterocycles. The molecule has 32 heavy (non-hydrogen) atoms. The molecule has 0 radical (unpaired) electrons. The van der Waals surface area contributed by atoms with Crippen molar-refractivity contribution in [2.24, 2.45) is 0 Å². The molecule has 0 aliphatic heterocycles. The summed E-state index contributed by atoms with van der Waals surface area (Å²) in [6.45, 7) is 3.16. The second-order valence-electron chi connectivity index (χ2n) is 8.62. The summed E-state index contributed by atoms with van der Waals surface area (Å²) in [5.74, 6) is 1.26. The molecule has 0 aliphatic carbocycles. The molecule has 0 unspecified atom stereocenters. The van der Waals surface area contributed by atoms with Gasteiger partial charge in [0, 0.05) is 6.54 Å². The summed E-state index contributed by atoms with van der Waals surface area (Å²) in [6.07, 6.45) is 20.7. The quantitative estimate of drug-likeness (QED) is 0.134. The standard InChI is InChI=1S/C26H44N6/c1-2-3-4-5-6-7-8-9-10-11-12-13-14-18-21-28-25-24(27)26(30-22-29-25)32-31-23-19-16-15-17-20-23/h15-17,19-20,22,31H,2-14,18,21,27H2,1H3,(H2,28,29,30,32). The molecule has 1 aromatic carbocycles. The number of nitrogens with two attached hydrogens (primary N) is 1. The monoisotopic (exact) mass is 440 g/mol. The van der Waals surface area contributed by atoms with E-state index in [1.807, 2.05) is 30.3 Å². The topological polar surface area (TPSA) is 87.9 Å². The van der Waals surface area contributed by atoms with E-state index in [1.54, 1.807) is 0 Å². The third-order valence-corrected chi connectivity index (χ3v) is 5.81. The van der Waals surface area contributed by atoms with E-state index in [-0.39, 0.29) is 0 Å². The van der Waals surface area contributed by atoms with Crippen LogP contribution < -0.4 is 21.9 Å². The number of para-hydroxylation sites is 1. The molecule has 0 fully saturated rings. The van der Waals surface area contributed by atoms with E-state index in [0.717, 1.165) is 18.7 Å². The van der Waals surface area contributed by atoms with Gasteiger partial charge in [-0.15, -0.1) is 0 Å². The number of nitrogens with one attached hydrogen (secondary N) is 3. The smallest absolute Gasteiger partial charge is 0.173 e. The molecule has 2 rings (SSSR count). The second kappa shape index (κ2) is 17.1. The average Bonchev–Trinajstić information content (AvgIpc) is 2.82. The highest BCUT2D eigenvalue weighted by Gasteiger charge is 2.07. The SMILES string of the molecule is CCCCCCCCCCCCCCCCNc1ncnc(NNc2ccccc2)c1N. The molecule has 178 valence electrons. The van der Waals surface area contributed by atoms with Crippen LogP contribution in [0.1, 0.15) is 96.8 Å². The van der Waals surface area contributed by atoms with Crippen molar-refractivity contribution in [3.05, 3.63) is 36.7 Å². The molecule has 0 amide bonds. The van der Waals surface area contributed by atoms with E-state index < -0.39 is 0 Å². The number of nitrogen functional groups attached to an aromatic ring is 1. The van der Waals surface area contributed by atoms with Crippen LogP contribution in [-0.4, -0.2) is 16.5 Å². The number of hydrogen-bond acceptors (Lipinski definition) is 6. The Morgan fingerprint density at radius 2 is 1.19 bits per heavy atom. The second-order valence-corrected chi connectivity index (χ2v) is 8.62. The van der Waals surface area contributed by atoms with Gasteiger partial charge in [-0.2, -0.15) is 0 Å². The van der Waals surface area contributed by atoms with Crippen molar-refractivity contribution in [3.63, 3.8) is 0 Å². The summed E-state index contributed by atoms with van der Waals surface area (Å²) in [6, 6.07) is 9.86. The maximum absolute atomic E-state index is 6.22. The highest BCUT2D eigenvalue weighted by atomic mass is 15.4. The third kappa shape index (κ3) is 11.2. The summed E-state index contributed by atoms with van der Waals surface area (Å²) in [5.41, 5.74) is 13.9. The van der Waals surface area contributed by atoms with E-state index in [2.05, 4.69) is 33.1 Å². The Bertz CT molecular complexity index is 707. The molecule has 5 N–H and O–H groups in total. The van der Waals surface area contributed by atoms with Crippen LogP contribution in [0.2, 0.25) is 0 Å². The van der Waals surface area contributed by atoms with Crippen LogP contribution >= 0.6 is 0 Å². The molecule has 0 atom stereocenters. The van der Waals surface area contributed by atoms with E-state index in [9.17, 15) is 0 Å². The summed E-state index contributed by atoms with van der Waals surface area (Å²) < 4.78 is 0. The number of nitrogens with zero attached hydrogens (tertiary/aromatic N) is 2. The van der Waals surface area contributed by atoms with Crippen LogP contribution in [0.15, 0.2) is 36.7 Å². The van der Waals surface area contributed by atoms with Gasteiger partial charge in [0.25, 0.3) is 0 Å². The Labute approximate surface area is 195 Å². The van der Waals surface area contributed by atoms with Crippen molar-refractivity contribution in [1.82, 2.24) is 9.97 Å². The van der Waals surface area contributed by atoms with Gasteiger partial charge in [-0.1, -0.05) is 109 Å². The number of hydrogen-bond donors (Lipinski definition) is 4. The molecule has 6 nitrogen and oxygen atoms in total. The van der Waals surface area contributed by atoms with Crippen molar-refractivity contribution in [2.45, 2.75) is 96.8 Å². The lowest BCUT2D eigenvalue weighted by Gasteiger charge is -2.13. The fourth-order valence-corrected chi connectivity index (χ4v) is 3.82. The Morgan fingerprint density at radius 3 is 1.78 bits per heavy atom. The minimum atomic E-state index is 0.529. The van der Waals surface area contributed by atoms with Crippen molar-refractivity contribution in [1.29, 1.82) is 0 Å². The molecule has 0 aliphatic rings. The van der Waals surface area contributed by atoms with Crippen molar-refractivity contribution >= 4 is 23.0 Å². The van der Waals surface area contributed by atoms with E-state index in [4.69, 9.17) is 5.73 Å². The van der Waals surface area contributed by atoms with Crippen molar-refractivity contribution in [2.75, 3.05) is 28.4 Å². The molecule has 2 aromatic rings. The van der Waals surface area contributed by atoms with Crippen LogP contribution in [0.25, 0.3) is 0 Å². The van der Waals surface area contributed by atoms with Gasteiger partial charge in [0.05, 0.1) is 5.69 Å². The predicted molar refractivity (Wildman–Crippen MR) is 139 cm³/mol. The maximum Gasteiger partial charge on any atom is 0.173 e. The first-order valence-electron chi connectivity index (χ1n) is 12.7. The maximum atomic E-state index is 6.22. The van der Waals surface area contributed by atoms with Gasteiger partial charge in [-0.3, -0.25) is 10.9 Å². The van der Waals surface area contributed by atoms with Crippen LogP contribution in [0, 0.1) is 0 Å². The van der Waals surface area contributed by atoms with E-state index in [0.29, 0.717) is 17.3 Å². The highest BCUT2D eigenvalue weighted by Crippen LogP contribution is 2.22. The Balaban J connectivity index is 1.47. The Kier molecular flexibility index (Phi) is 13.8. The van der Waals surface area contributed by atoms with Crippen LogP contribution in [-0.2, 0) is 0 Å². The number of unbranched alkanes of at least 4 members (excludes halogenated alkanes) is 13. The minimum Gasteiger partial charge on any atom is -0.393 e. The zero-order valence-corrected chi connectivity index (χ0v) is 20.0. The first kappa shape index (κ1) is 25.8. The molecular formula is C26H44N6. The average molecular weight is 441 g/mol. The zero-order chi connectivity index (χ0) is 22.7. The third-order valence-electron chi connectivity index (χ3n) is 5.81. The number of aromatic nitrogens is 2. The lowest BCUT2D eigenvalue weighted by Crippen LogP contribution is -2.14. The van der Waals surface area contributed by atoms with Crippen LogP contribution in [0.3, 0.4) is 0 Å². The van der Waals surface area contributed by atoms with Crippen molar-refractivity contribution < 1.29 is 0 Å². The molecule has 0 bridgehead atoms. The molecular weight excluding hydrogens is 396 g/mol. The Morgan fingerprint density at radius 1 is 0.656 bits per heavy atom. The summed E-state index contributed by atoms with van der Waals surface area (Å²) in [4.78, 5) is 8.51. The fourth-order valence-electron chi connectivity index (χ4n) is 3.82. The summed E-state index contributed by atoms with van der Waals surface area (Å²) in [7, 11) is 0. The van der Waals surface area contributed by atoms with E-state index in [1.165, 1.54) is 89.8 Å². The lowest BCUT2D eigenvalue weighted by atomic mass is 10.0. The molecule has 0 saturated heterocycles. The van der Waals surface area contributed by atoms with Gasteiger partial charge < -0.3 is 11.1 Å². The number of hydrazine groups is 1. The van der Waals surface area contributed by atoms with Crippen LogP contribution in [0.4, 0.5) is 23.0 Å². The first-order valence-corrected chi connectivity index (χ1v) is 12.7. The predicted octanol–water partition coefficient (Wildman–Crippen LogP) is 7.39. The lowest BCUT2D eigenvalue weighted by molar-refractivity contribution is 0.537. The fraction of sp³-hybridized carbons (Fsp3) is 0.615. The van der Waals surface area contributed by atoms with Gasteiger partial charge >= 0.3 is 0 Å². The van der Waals surface area contributed by atoms with E-state index >= 15 is 0 Å². The molecule has 0 saturated carbocycles. The van der Waals surface area contributed by atoms with Gasteiger partial charge in [0.15, 0.2) is 11.6 Å². The number of rotatable bonds is 19. The van der Waals surface area contributed by atoms with Gasteiger partial charge in [0.1, 0.15) is 12.0 Å². The first-order chi connectivity index (χ1) is 15.8. The number of benzene rings is 1. The Hall–Kier alpha value is -2.50. The largest absolute Gasteiger partial charge is 0.393 e. The summed E-state index contributed by atoms with van der Waals surface area (Å²) >= 11 is 0. The highest BCUT2D eigenvalue weighted by molar-refractivity contribution is 5.74. The molecule has 6 heteroatoms. The molecule has 0 spiro atoms. The minimum absolute atomic E-state index is 0.529. The van der Waals surface area contributed by atoms with Gasteiger partial charge in [-0.05, 0) is 18.6 Å². The molecule has 1 aromatic heterocycles. The van der Waals surface area contributed by atoms with Crippen molar-refractivity contribution in [3.8, 4) is 0 Å². The summed E-state index contributed by atoms with van der Waals surface area (Å²) in [5, 5.41) is 3.35. The van der Waals surface area contributed by atoms with Gasteiger partial charge in [-0.25, -0.2) is 9.97 Å².